The predicted molar refractivity (Wildman–Crippen MR) is 81.9 cm³/mol. The summed E-state index contributed by atoms with van der Waals surface area (Å²) in [5.41, 5.74) is 2.75. The molecule has 1 aromatic carbocycles. The van der Waals surface area contributed by atoms with E-state index in [0.29, 0.717) is 0 Å². The summed E-state index contributed by atoms with van der Waals surface area (Å²) in [6.07, 6.45) is 0.834. The summed E-state index contributed by atoms with van der Waals surface area (Å²) in [4.78, 5) is 15.2. The van der Waals surface area contributed by atoms with E-state index in [1.54, 1.807) is 0 Å². The fourth-order valence-electron chi connectivity index (χ4n) is 2.87. The number of nitrogens with zero attached hydrogens (tertiary/aromatic N) is 1. The monoisotopic (exact) mass is 261 g/mol. The van der Waals surface area contributed by atoms with Gasteiger partial charge in [-0.05, 0) is 52.4 Å². The smallest absolute Gasteiger partial charge is 0.182 e. The molecule has 106 valence electrons. The number of likely N-dealkylation sites (N-methyl/N-ethyl adjacent to an activating group) is 1. The molecule has 0 radical (unpaired) electrons. The number of aryl methyl sites for hydroxylation is 2. The fourth-order valence-corrected chi connectivity index (χ4v) is 2.87. The summed E-state index contributed by atoms with van der Waals surface area (Å²) in [5.74, 6) is 0.241. The number of carbonyl (C=O) groups excluding carboxylic acids is 1. The lowest BCUT2D eigenvalue weighted by Gasteiger charge is -2.38. The van der Waals surface area contributed by atoms with Crippen molar-refractivity contribution < 1.29 is 4.79 Å². The Morgan fingerprint density at radius 1 is 1.05 bits per heavy atom. The summed E-state index contributed by atoms with van der Waals surface area (Å²) in [6.45, 7) is 14.3. The highest BCUT2D eigenvalue weighted by Crippen LogP contribution is 2.25. The van der Waals surface area contributed by atoms with Gasteiger partial charge >= 0.3 is 0 Å². The molecule has 1 atom stereocenters. The average molecular weight is 261 g/mol. The molecule has 0 aromatic heterocycles. The molecule has 2 heteroatoms. The SMILES string of the molecule is CCN(CC)C(C)(CC)C(=O)c1cc(C)cc(C)c1. The van der Waals surface area contributed by atoms with Gasteiger partial charge in [0.1, 0.15) is 0 Å². The maximum absolute atomic E-state index is 12.9. The Morgan fingerprint density at radius 3 is 1.89 bits per heavy atom. The Bertz CT molecular complexity index is 428. The van der Waals surface area contributed by atoms with Crippen molar-refractivity contribution in [1.29, 1.82) is 0 Å². The summed E-state index contributed by atoms with van der Waals surface area (Å²) < 4.78 is 0. The maximum Gasteiger partial charge on any atom is 0.182 e. The van der Waals surface area contributed by atoms with E-state index in [9.17, 15) is 4.79 Å². The average Bonchev–Trinajstić information content (AvgIpc) is 2.37. The van der Waals surface area contributed by atoms with Crippen LogP contribution in [0, 0.1) is 13.8 Å². The Morgan fingerprint density at radius 2 is 1.53 bits per heavy atom. The molecule has 0 heterocycles. The minimum absolute atomic E-state index is 0.241. The van der Waals surface area contributed by atoms with Gasteiger partial charge in [0.2, 0.25) is 0 Å². The number of ketones is 1. The van der Waals surface area contributed by atoms with Gasteiger partial charge in [-0.2, -0.15) is 0 Å². The Balaban J connectivity index is 3.20. The standard InChI is InChI=1S/C17H27NO/c1-7-17(6,18(8-2)9-3)16(19)15-11-13(4)10-14(5)12-15/h10-12H,7-9H2,1-6H3. The summed E-state index contributed by atoms with van der Waals surface area (Å²) in [5, 5.41) is 0. The highest BCUT2D eigenvalue weighted by atomic mass is 16.1. The van der Waals surface area contributed by atoms with Crippen molar-refractivity contribution in [1.82, 2.24) is 4.90 Å². The Hall–Kier alpha value is -1.15. The molecule has 1 unspecified atom stereocenters. The third kappa shape index (κ3) is 3.24. The third-order valence-corrected chi connectivity index (χ3v) is 4.12. The number of hydrogen-bond acceptors (Lipinski definition) is 2. The first kappa shape index (κ1) is 15.9. The quantitative estimate of drug-likeness (QED) is 0.721. The Labute approximate surface area is 117 Å². The van der Waals surface area contributed by atoms with Crippen LogP contribution in [0.4, 0.5) is 0 Å². The molecule has 0 aliphatic rings. The molecule has 1 rings (SSSR count). The predicted octanol–water partition coefficient (Wildman–Crippen LogP) is 4.00. The van der Waals surface area contributed by atoms with Gasteiger partial charge in [0.15, 0.2) is 5.78 Å². The van der Waals surface area contributed by atoms with Crippen molar-refractivity contribution >= 4 is 5.78 Å². The van der Waals surface area contributed by atoms with E-state index in [4.69, 9.17) is 0 Å². The van der Waals surface area contributed by atoms with Crippen molar-refractivity contribution in [3.05, 3.63) is 34.9 Å². The maximum atomic E-state index is 12.9. The molecule has 0 spiro atoms. The minimum atomic E-state index is -0.399. The zero-order chi connectivity index (χ0) is 14.6. The van der Waals surface area contributed by atoms with Gasteiger partial charge < -0.3 is 0 Å². The first-order valence-electron chi connectivity index (χ1n) is 7.27. The van der Waals surface area contributed by atoms with Crippen molar-refractivity contribution in [2.75, 3.05) is 13.1 Å². The van der Waals surface area contributed by atoms with Crippen LogP contribution >= 0.6 is 0 Å². The van der Waals surface area contributed by atoms with Gasteiger partial charge in [0, 0.05) is 5.56 Å². The lowest BCUT2D eigenvalue weighted by atomic mass is 9.85. The van der Waals surface area contributed by atoms with E-state index in [0.717, 1.165) is 36.2 Å². The second-order valence-electron chi connectivity index (χ2n) is 5.51. The summed E-state index contributed by atoms with van der Waals surface area (Å²) >= 11 is 0. The van der Waals surface area contributed by atoms with Gasteiger partial charge in [-0.3, -0.25) is 9.69 Å². The van der Waals surface area contributed by atoms with Crippen LogP contribution in [0.5, 0.6) is 0 Å². The fraction of sp³-hybridized carbons (Fsp3) is 0.588. The molecule has 1 aromatic rings. The third-order valence-electron chi connectivity index (χ3n) is 4.12. The molecule has 0 aliphatic carbocycles. The molecule has 19 heavy (non-hydrogen) atoms. The molecule has 0 saturated carbocycles. The number of rotatable bonds is 6. The molecule has 0 saturated heterocycles. The Kier molecular flexibility index (Phi) is 5.30. The van der Waals surface area contributed by atoms with E-state index < -0.39 is 5.54 Å². The molecule has 0 bridgehead atoms. The normalized spacial score (nSPS) is 14.5. The number of hydrogen-bond donors (Lipinski definition) is 0. The van der Waals surface area contributed by atoms with Gasteiger partial charge in [0.25, 0.3) is 0 Å². The van der Waals surface area contributed by atoms with Crippen LogP contribution in [0.1, 0.15) is 55.6 Å². The molecular weight excluding hydrogens is 234 g/mol. The molecule has 0 amide bonds. The van der Waals surface area contributed by atoms with E-state index in [1.807, 2.05) is 26.0 Å². The van der Waals surface area contributed by atoms with Crippen molar-refractivity contribution in [2.24, 2.45) is 0 Å². The van der Waals surface area contributed by atoms with Gasteiger partial charge in [-0.25, -0.2) is 0 Å². The molecular formula is C17H27NO. The summed E-state index contributed by atoms with van der Waals surface area (Å²) in [7, 11) is 0. The van der Waals surface area contributed by atoms with E-state index in [2.05, 4.69) is 38.7 Å². The van der Waals surface area contributed by atoms with Crippen molar-refractivity contribution in [3.63, 3.8) is 0 Å². The number of Topliss-reactive ketones (excluding diaryl/α,β-unsaturated/α-hetero) is 1. The molecule has 0 N–H and O–H groups in total. The number of benzene rings is 1. The second-order valence-corrected chi connectivity index (χ2v) is 5.51. The van der Waals surface area contributed by atoms with Crippen molar-refractivity contribution in [2.45, 2.75) is 53.5 Å². The molecule has 0 fully saturated rings. The molecule has 2 nitrogen and oxygen atoms in total. The summed E-state index contributed by atoms with van der Waals surface area (Å²) in [6, 6.07) is 6.12. The lowest BCUT2D eigenvalue weighted by Crippen LogP contribution is -2.51. The van der Waals surface area contributed by atoms with Crippen LogP contribution in [0.15, 0.2) is 18.2 Å². The van der Waals surface area contributed by atoms with Crippen LogP contribution in [-0.4, -0.2) is 29.3 Å². The topological polar surface area (TPSA) is 20.3 Å². The van der Waals surface area contributed by atoms with Crippen LogP contribution in [-0.2, 0) is 0 Å². The number of carbonyl (C=O) groups is 1. The van der Waals surface area contributed by atoms with E-state index in [-0.39, 0.29) is 5.78 Å². The molecule has 0 aliphatic heterocycles. The zero-order valence-electron chi connectivity index (χ0n) is 13.2. The highest BCUT2D eigenvalue weighted by Gasteiger charge is 2.36. The van der Waals surface area contributed by atoms with Gasteiger partial charge in [0.05, 0.1) is 5.54 Å². The van der Waals surface area contributed by atoms with E-state index >= 15 is 0 Å². The lowest BCUT2D eigenvalue weighted by molar-refractivity contribution is 0.0607. The highest BCUT2D eigenvalue weighted by molar-refractivity contribution is 6.03. The van der Waals surface area contributed by atoms with Crippen LogP contribution in [0.3, 0.4) is 0 Å². The van der Waals surface area contributed by atoms with Crippen molar-refractivity contribution in [3.8, 4) is 0 Å². The first-order valence-corrected chi connectivity index (χ1v) is 7.27. The van der Waals surface area contributed by atoms with Crippen LogP contribution in [0.2, 0.25) is 0 Å². The zero-order valence-corrected chi connectivity index (χ0v) is 13.2. The largest absolute Gasteiger partial charge is 0.292 e. The van der Waals surface area contributed by atoms with Gasteiger partial charge in [-0.1, -0.05) is 38.0 Å². The second kappa shape index (κ2) is 6.33. The van der Waals surface area contributed by atoms with Crippen LogP contribution < -0.4 is 0 Å². The van der Waals surface area contributed by atoms with Gasteiger partial charge in [-0.15, -0.1) is 0 Å². The van der Waals surface area contributed by atoms with Crippen LogP contribution in [0.25, 0.3) is 0 Å². The van der Waals surface area contributed by atoms with E-state index in [1.165, 1.54) is 0 Å². The first-order chi connectivity index (χ1) is 8.88. The minimum Gasteiger partial charge on any atom is -0.292 e.